The van der Waals surface area contributed by atoms with Crippen LogP contribution in [0.5, 0.6) is 0 Å². The average Bonchev–Trinajstić information content (AvgIpc) is 3.28. The number of anilines is 1. The summed E-state index contributed by atoms with van der Waals surface area (Å²) in [7, 11) is 0. The van der Waals surface area contributed by atoms with Gasteiger partial charge in [0.1, 0.15) is 0 Å². The molecular formula is C26H30N4. The van der Waals surface area contributed by atoms with Gasteiger partial charge in [-0.05, 0) is 67.6 Å². The number of pyridine rings is 2. The summed E-state index contributed by atoms with van der Waals surface area (Å²) in [6, 6.07) is 17.1. The van der Waals surface area contributed by atoms with Crippen molar-refractivity contribution < 1.29 is 0 Å². The molecule has 0 aliphatic rings. The van der Waals surface area contributed by atoms with Gasteiger partial charge < -0.3 is 9.88 Å². The minimum atomic E-state index is 1.05. The van der Waals surface area contributed by atoms with Gasteiger partial charge in [-0.2, -0.15) is 0 Å². The molecule has 4 rings (SSSR count). The molecule has 0 unspecified atom stereocenters. The molecule has 0 amide bonds. The maximum absolute atomic E-state index is 4.80. The molecule has 3 heterocycles. The summed E-state index contributed by atoms with van der Waals surface area (Å²) in [5.74, 6) is 0. The molecule has 0 bridgehead atoms. The van der Waals surface area contributed by atoms with E-state index in [1.165, 1.54) is 41.5 Å². The highest BCUT2D eigenvalue weighted by Gasteiger charge is 2.15. The molecule has 1 N–H and O–H groups in total. The van der Waals surface area contributed by atoms with E-state index >= 15 is 0 Å². The van der Waals surface area contributed by atoms with E-state index in [2.05, 4.69) is 70.3 Å². The van der Waals surface area contributed by atoms with E-state index in [0.29, 0.717) is 0 Å². The fraction of sp³-hybridized carbons (Fsp3) is 0.308. The molecule has 154 valence electrons. The van der Waals surface area contributed by atoms with Gasteiger partial charge in [0.2, 0.25) is 0 Å². The van der Waals surface area contributed by atoms with Gasteiger partial charge in [-0.3, -0.25) is 9.97 Å². The van der Waals surface area contributed by atoms with Crippen LogP contribution in [0.4, 0.5) is 5.69 Å². The number of benzene rings is 1. The van der Waals surface area contributed by atoms with Crippen molar-refractivity contribution in [3.05, 3.63) is 78.9 Å². The van der Waals surface area contributed by atoms with Crippen molar-refractivity contribution in [2.45, 2.75) is 39.0 Å². The molecule has 1 aromatic carbocycles. The highest BCUT2D eigenvalue weighted by molar-refractivity contribution is 5.97. The third kappa shape index (κ3) is 4.70. The first-order valence-corrected chi connectivity index (χ1v) is 11.0. The summed E-state index contributed by atoms with van der Waals surface area (Å²) in [5.41, 5.74) is 6.05. The summed E-state index contributed by atoms with van der Waals surface area (Å²) in [5, 5.41) is 1.23. The minimum absolute atomic E-state index is 1.05. The first-order valence-electron chi connectivity index (χ1n) is 11.0. The van der Waals surface area contributed by atoms with Gasteiger partial charge in [0.25, 0.3) is 0 Å². The zero-order chi connectivity index (χ0) is 20.6. The third-order valence-electron chi connectivity index (χ3n) is 5.61. The van der Waals surface area contributed by atoms with Crippen LogP contribution in [0.2, 0.25) is 0 Å². The van der Waals surface area contributed by atoms with Crippen LogP contribution in [0.1, 0.15) is 38.2 Å². The normalized spacial score (nSPS) is 11.1. The number of hydrogen-bond acceptors (Lipinski definition) is 3. The van der Waals surface area contributed by atoms with Crippen LogP contribution in [0.25, 0.3) is 22.2 Å². The van der Waals surface area contributed by atoms with Crippen molar-refractivity contribution in [3.8, 4) is 11.3 Å². The second kappa shape index (κ2) is 10.1. The molecule has 4 heteroatoms. The number of rotatable bonds is 10. The van der Waals surface area contributed by atoms with Crippen LogP contribution in [-0.4, -0.2) is 28.0 Å². The first kappa shape index (κ1) is 20.1. The largest absolute Gasteiger partial charge is 0.370 e. The van der Waals surface area contributed by atoms with Crippen molar-refractivity contribution in [1.29, 1.82) is 0 Å². The monoisotopic (exact) mass is 398 g/mol. The fourth-order valence-corrected chi connectivity index (χ4v) is 4.13. The zero-order valence-corrected chi connectivity index (χ0v) is 17.7. The molecule has 0 saturated carbocycles. The highest BCUT2D eigenvalue weighted by atomic mass is 15.1. The summed E-state index contributed by atoms with van der Waals surface area (Å²) >= 11 is 0. The smallest absolute Gasteiger partial charge is 0.0942 e. The molecule has 30 heavy (non-hydrogen) atoms. The Morgan fingerprint density at radius 1 is 0.867 bits per heavy atom. The van der Waals surface area contributed by atoms with Crippen molar-refractivity contribution in [2.75, 3.05) is 18.0 Å². The van der Waals surface area contributed by atoms with Crippen LogP contribution in [0, 0.1) is 0 Å². The van der Waals surface area contributed by atoms with E-state index in [4.69, 9.17) is 4.98 Å². The minimum Gasteiger partial charge on any atom is -0.370 e. The molecule has 4 aromatic rings. The molecule has 0 aliphatic carbocycles. The highest BCUT2D eigenvalue weighted by Crippen LogP contribution is 2.33. The second-order valence-electron chi connectivity index (χ2n) is 7.77. The maximum Gasteiger partial charge on any atom is 0.0942 e. The summed E-state index contributed by atoms with van der Waals surface area (Å²) in [6.07, 6.45) is 13.6. The third-order valence-corrected chi connectivity index (χ3v) is 5.61. The zero-order valence-electron chi connectivity index (χ0n) is 17.7. The Morgan fingerprint density at radius 2 is 1.77 bits per heavy atom. The van der Waals surface area contributed by atoms with Crippen LogP contribution >= 0.6 is 0 Å². The number of aromatic nitrogens is 3. The lowest BCUT2D eigenvalue weighted by Gasteiger charge is -2.26. The standard InChI is InChI=1S/C26H30N4/c1-2-19-30(20-5-3-4-8-21-12-16-27-17-13-21)25-11-7-15-29-26(25)23-9-6-10-24-22(23)14-18-28-24/h6-7,9-18,28H,2-5,8,19-20H2,1H3. The predicted octanol–water partition coefficient (Wildman–Crippen LogP) is 6.25. The van der Waals surface area contributed by atoms with Gasteiger partial charge in [0.05, 0.1) is 11.4 Å². The lowest BCUT2D eigenvalue weighted by molar-refractivity contribution is 0.646. The van der Waals surface area contributed by atoms with Gasteiger partial charge >= 0.3 is 0 Å². The Hall–Kier alpha value is -3.14. The molecule has 0 aliphatic heterocycles. The number of fused-ring (bicyclic) bond motifs is 1. The number of hydrogen-bond donors (Lipinski definition) is 1. The number of aromatic amines is 1. The molecule has 0 radical (unpaired) electrons. The van der Waals surface area contributed by atoms with Crippen molar-refractivity contribution in [3.63, 3.8) is 0 Å². The lowest BCUT2D eigenvalue weighted by atomic mass is 10.0. The average molecular weight is 399 g/mol. The molecule has 3 aromatic heterocycles. The van der Waals surface area contributed by atoms with Gasteiger partial charge in [0, 0.05) is 54.3 Å². The number of unbranched alkanes of at least 4 members (excludes halogenated alkanes) is 2. The molecule has 0 spiro atoms. The Balaban J connectivity index is 1.47. The van der Waals surface area contributed by atoms with Crippen molar-refractivity contribution in [2.24, 2.45) is 0 Å². The Kier molecular flexibility index (Phi) is 6.75. The van der Waals surface area contributed by atoms with Crippen LogP contribution < -0.4 is 4.90 Å². The van der Waals surface area contributed by atoms with Crippen LogP contribution in [0.3, 0.4) is 0 Å². The summed E-state index contributed by atoms with van der Waals surface area (Å²) in [4.78, 5) is 14.7. The van der Waals surface area contributed by atoms with E-state index in [9.17, 15) is 0 Å². The summed E-state index contributed by atoms with van der Waals surface area (Å²) < 4.78 is 0. The van der Waals surface area contributed by atoms with Gasteiger partial charge in [-0.15, -0.1) is 0 Å². The molecule has 4 nitrogen and oxygen atoms in total. The van der Waals surface area contributed by atoms with Crippen molar-refractivity contribution in [1.82, 2.24) is 15.0 Å². The second-order valence-corrected chi connectivity index (χ2v) is 7.77. The Labute approximate surface area is 179 Å². The number of nitrogens with zero attached hydrogens (tertiary/aromatic N) is 3. The van der Waals surface area contributed by atoms with Gasteiger partial charge in [-0.25, -0.2) is 0 Å². The van der Waals surface area contributed by atoms with Crippen molar-refractivity contribution >= 4 is 16.6 Å². The molecule has 0 atom stereocenters. The number of nitrogens with one attached hydrogen (secondary N) is 1. The summed E-state index contributed by atoms with van der Waals surface area (Å²) in [6.45, 7) is 4.36. The van der Waals surface area contributed by atoms with E-state index in [1.54, 1.807) is 0 Å². The van der Waals surface area contributed by atoms with Gasteiger partial charge in [0.15, 0.2) is 0 Å². The Morgan fingerprint density at radius 3 is 2.63 bits per heavy atom. The fourth-order valence-electron chi connectivity index (χ4n) is 4.13. The van der Waals surface area contributed by atoms with E-state index in [0.717, 1.165) is 37.1 Å². The first-order chi connectivity index (χ1) is 14.9. The van der Waals surface area contributed by atoms with E-state index in [1.807, 2.05) is 24.8 Å². The number of aryl methyl sites for hydroxylation is 1. The predicted molar refractivity (Wildman–Crippen MR) is 126 cm³/mol. The quantitative estimate of drug-likeness (QED) is 0.321. The molecular weight excluding hydrogens is 368 g/mol. The Bertz CT molecular complexity index is 1050. The van der Waals surface area contributed by atoms with Crippen LogP contribution in [0.15, 0.2) is 73.3 Å². The van der Waals surface area contributed by atoms with Crippen LogP contribution in [-0.2, 0) is 6.42 Å². The maximum atomic E-state index is 4.80. The number of H-pyrrole nitrogens is 1. The lowest BCUT2D eigenvalue weighted by Crippen LogP contribution is -2.26. The van der Waals surface area contributed by atoms with Gasteiger partial charge in [-0.1, -0.05) is 25.5 Å². The molecule has 0 saturated heterocycles. The SMILES string of the molecule is CCCN(CCCCCc1ccncc1)c1cccnc1-c1cccc2[nH]ccc12. The molecule has 0 fully saturated rings. The van der Waals surface area contributed by atoms with E-state index < -0.39 is 0 Å². The van der Waals surface area contributed by atoms with E-state index in [-0.39, 0.29) is 0 Å². The topological polar surface area (TPSA) is 44.8 Å².